The highest BCUT2D eigenvalue weighted by Crippen LogP contribution is 2.16. The lowest BCUT2D eigenvalue weighted by atomic mass is 9.99. The van der Waals surface area contributed by atoms with Crippen LogP contribution >= 0.6 is 0 Å². The third-order valence-electron chi connectivity index (χ3n) is 4.40. The molecule has 0 bridgehead atoms. The summed E-state index contributed by atoms with van der Waals surface area (Å²) in [5.41, 5.74) is 7.58. The minimum atomic E-state index is -0.419. The van der Waals surface area contributed by atoms with Crippen molar-refractivity contribution in [3.05, 3.63) is 42.0 Å². The van der Waals surface area contributed by atoms with E-state index in [2.05, 4.69) is 16.8 Å². The number of carbonyl (C=O) groups excluding carboxylic acids is 1. The maximum atomic E-state index is 11.8. The van der Waals surface area contributed by atoms with E-state index in [0.29, 0.717) is 11.3 Å². The quantitative estimate of drug-likeness (QED) is 0.583. The van der Waals surface area contributed by atoms with Crippen molar-refractivity contribution < 1.29 is 9.53 Å². The number of benzene rings is 1. The van der Waals surface area contributed by atoms with Gasteiger partial charge in [0.25, 0.3) is 0 Å². The lowest BCUT2D eigenvalue weighted by molar-refractivity contribution is -0.114. The third-order valence-corrected chi connectivity index (χ3v) is 4.40. The first-order valence-electron chi connectivity index (χ1n) is 8.98. The molecule has 0 radical (unpaired) electrons. The zero-order chi connectivity index (χ0) is 18.1. The van der Waals surface area contributed by atoms with E-state index in [-0.39, 0.29) is 5.92 Å². The largest absolute Gasteiger partial charge is 0.379 e. The van der Waals surface area contributed by atoms with Crippen LogP contribution in [-0.4, -0.2) is 49.4 Å². The van der Waals surface area contributed by atoms with Crippen molar-refractivity contribution in [3.8, 4) is 0 Å². The van der Waals surface area contributed by atoms with E-state index in [0.717, 1.165) is 51.4 Å². The Bertz CT molecular complexity index is 605. The zero-order valence-corrected chi connectivity index (χ0v) is 15.3. The maximum Gasteiger partial charge on any atom is 0.250 e. The van der Waals surface area contributed by atoms with Crippen molar-refractivity contribution in [3.63, 3.8) is 0 Å². The van der Waals surface area contributed by atoms with Gasteiger partial charge in [0.1, 0.15) is 0 Å². The van der Waals surface area contributed by atoms with Gasteiger partial charge in [0.2, 0.25) is 5.91 Å². The number of amides is 1. The van der Waals surface area contributed by atoms with Crippen LogP contribution in [-0.2, 0) is 9.53 Å². The minimum Gasteiger partial charge on any atom is -0.379 e. The second kappa shape index (κ2) is 10.1. The molecule has 0 saturated carbocycles. The number of nitrogens with zero attached hydrogens (tertiary/aromatic N) is 2. The highest BCUT2D eigenvalue weighted by Gasteiger charge is 2.13. The molecule has 0 aromatic heterocycles. The van der Waals surface area contributed by atoms with Gasteiger partial charge < -0.3 is 10.5 Å². The number of hydrogen-bond acceptors (Lipinski definition) is 4. The average Bonchev–Trinajstić information content (AvgIpc) is 2.61. The molecule has 25 heavy (non-hydrogen) atoms. The summed E-state index contributed by atoms with van der Waals surface area (Å²) >= 11 is 0. The van der Waals surface area contributed by atoms with Crippen molar-refractivity contribution in [1.29, 1.82) is 0 Å². The van der Waals surface area contributed by atoms with Crippen LogP contribution < -0.4 is 5.73 Å². The van der Waals surface area contributed by atoms with Gasteiger partial charge >= 0.3 is 0 Å². The molecule has 5 heteroatoms. The fraction of sp³-hybridized carbons (Fsp3) is 0.500. The summed E-state index contributed by atoms with van der Waals surface area (Å²) in [6, 6.07) is 9.61. The van der Waals surface area contributed by atoms with Gasteiger partial charge in [-0.15, -0.1) is 0 Å². The fourth-order valence-electron chi connectivity index (χ4n) is 2.97. The molecule has 1 aliphatic rings. The van der Waals surface area contributed by atoms with Gasteiger partial charge in [-0.2, -0.15) is 0 Å². The Labute approximate surface area is 150 Å². The Morgan fingerprint density at radius 1 is 1.32 bits per heavy atom. The zero-order valence-electron chi connectivity index (χ0n) is 15.3. The van der Waals surface area contributed by atoms with Gasteiger partial charge in [-0.3, -0.25) is 14.7 Å². The van der Waals surface area contributed by atoms with Crippen molar-refractivity contribution in [2.45, 2.75) is 26.7 Å². The Kier molecular flexibility index (Phi) is 7.82. The van der Waals surface area contributed by atoms with Crippen molar-refractivity contribution >= 4 is 17.3 Å². The minimum absolute atomic E-state index is 0.282. The van der Waals surface area contributed by atoms with Crippen LogP contribution in [0.5, 0.6) is 0 Å². The SMILES string of the molecule is CC(=N\c1ccccc1)/C(=C\C(C)CCCN1CCOCC1)C(N)=O. The summed E-state index contributed by atoms with van der Waals surface area (Å²) in [5.74, 6) is -0.137. The molecule has 2 rings (SSSR count). The monoisotopic (exact) mass is 343 g/mol. The molecule has 2 N–H and O–H groups in total. The van der Waals surface area contributed by atoms with Crippen LogP contribution in [0.25, 0.3) is 0 Å². The maximum absolute atomic E-state index is 11.8. The number of aliphatic imine (C=N–C) groups is 1. The molecule has 136 valence electrons. The number of para-hydroxylation sites is 1. The number of allylic oxidation sites excluding steroid dienone is 1. The molecule has 1 heterocycles. The highest BCUT2D eigenvalue weighted by molar-refractivity contribution is 6.20. The normalized spacial score (nSPS) is 18.2. The second-order valence-electron chi connectivity index (χ2n) is 6.55. The molecule has 1 fully saturated rings. The van der Waals surface area contributed by atoms with Crippen LogP contribution in [0.4, 0.5) is 5.69 Å². The standard InChI is InChI=1S/C20H29N3O2/c1-16(7-6-10-23-11-13-25-14-12-23)15-19(20(21)24)17(2)22-18-8-4-3-5-9-18/h3-5,8-9,15-16H,6-7,10-14H2,1-2H3,(H2,21,24)/b19-15+,22-17+. The molecule has 1 aromatic rings. The van der Waals surface area contributed by atoms with E-state index in [1.54, 1.807) is 0 Å². The average molecular weight is 343 g/mol. The highest BCUT2D eigenvalue weighted by atomic mass is 16.5. The summed E-state index contributed by atoms with van der Waals surface area (Å²) in [7, 11) is 0. The van der Waals surface area contributed by atoms with Gasteiger partial charge in [0.05, 0.1) is 30.2 Å². The fourth-order valence-corrected chi connectivity index (χ4v) is 2.97. The summed E-state index contributed by atoms with van der Waals surface area (Å²) in [4.78, 5) is 18.8. The van der Waals surface area contributed by atoms with Crippen LogP contribution in [0.2, 0.25) is 0 Å². The lowest BCUT2D eigenvalue weighted by Gasteiger charge is -2.26. The van der Waals surface area contributed by atoms with E-state index in [1.165, 1.54) is 0 Å². The summed E-state index contributed by atoms with van der Waals surface area (Å²) in [6.45, 7) is 8.72. The van der Waals surface area contributed by atoms with E-state index in [1.807, 2.05) is 43.3 Å². The molecule has 0 spiro atoms. The predicted octanol–water partition coefficient (Wildman–Crippen LogP) is 2.94. The third kappa shape index (κ3) is 6.80. The Hall–Kier alpha value is -1.98. The number of ether oxygens (including phenoxy) is 1. The molecular weight excluding hydrogens is 314 g/mol. The van der Waals surface area contributed by atoms with E-state index in [4.69, 9.17) is 10.5 Å². The predicted molar refractivity (Wildman–Crippen MR) is 102 cm³/mol. The first kappa shape index (κ1) is 19.3. The number of morpholine rings is 1. The molecule has 1 atom stereocenters. The lowest BCUT2D eigenvalue weighted by Crippen LogP contribution is -2.36. The topological polar surface area (TPSA) is 67.9 Å². The van der Waals surface area contributed by atoms with Crippen LogP contribution in [0, 0.1) is 5.92 Å². The number of nitrogens with two attached hydrogens (primary N) is 1. The smallest absolute Gasteiger partial charge is 0.250 e. The number of carbonyl (C=O) groups is 1. The summed E-state index contributed by atoms with van der Waals surface area (Å²) in [6.07, 6.45) is 4.08. The summed E-state index contributed by atoms with van der Waals surface area (Å²) in [5, 5.41) is 0. The Balaban J connectivity index is 1.93. The van der Waals surface area contributed by atoms with Crippen molar-refractivity contribution in [2.24, 2.45) is 16.6 Å². The van der Waals surface area contributed by atoms with Gasteiger partial charge in [-0.05, 0) is 44.4 Å². The first-order valence-corrected chi connectivity index (χ1v) is 8.98. The van der Waals surface area contributed by atoms with E-state index >= 15 is 0 Å². The van der Waals surface area contributed by atoms with Gasteiger partial charge in [-0.25, -0.2) is 0 Å². The van der Waals surface area contributed by atoms with Crippen LogP contribution in [0.15, 0.2) is 47.0 Å². The second-order valence-corrected chi connectivity index (χ2v) is 6.55. The molecule has 1 aromatic carbocycles. The molecule has 0 aliphatic carbocycles. The van der Waals surface area contributed by atoms with Crippen LogP contribution in [0.1, 0.15) is 26.7 Å². The summed E-state index contributed by atoms with van der Waals surface area (Å²) < 4.78 is 5.37. The molecule has 1 aliphatic heterocycles. The van der Waals surface area contributed by atoms with Gasteiger partial charge in [0.15, 0.2) is 0 Å². The first-order chi connectivity index (χ1) is 12.1. The molecule has 1 unspecified atom stereocenters. The van der Waals surface area contributed by atoms with Crippen molar-refractivity contribution in [2.75, 3.05) is 32.8 Å². The van der Waals surface area contributed by atoms with Gasteiger partial charge in [-0.1, -0.05) is 31.2 Å². The molecule has 5 nitrogen and oxygen atoms in total. The Morgan fingerprint density at radius 2 is 2.00 bits per heavy atom. The Morgan fingerprint density at radius 3 is 2.64 bits per heavy atom. The van der Waals surface area contributed by atoms with Crippen LogP contribution in [0.3, 0.4) is 0 Å². The van der Waals surface area contributed by atoms with Gasteiger partial charge in [0, 0.05) is 13.1 Å². The van der Waals surface area contributed by atoms with Crippen molar-refractivity contribution in [1.82, 2.24) is 4.90 Å². The molecule has 1 saturated heterocycles. The number of rotatable bonds is 8. The van der Waals surface area contributed by atoms with E-state index in [9.17, 15) is 4.79 Å². The molecule has 1 amide bonds. The number of hydrogen-bond donors (Lipinski definition) is 1. The van der Waals surface area contributed by atoms with E-state index < -0.39 is 5.91 Å². The molecular formula is C20H29N3O2. The number of primary amides is 1.